The standard InChI is InChI=1S/C26H48N4O2Si2/c1-25(2,3)33(7,8)31-18-15-27-22-11-12-24-21(19-22)20-28-30(24)29-16-13-23(14-17-29)32-34(9,10)26(4,5)6/h11-12,19-20,23,27H,13-18H2,1-10H3. The van der Waals surface area contributed by atoms with Crippen LogP contribution in [0.2, 0.25) is 36.3 Å². The van der Waals surface area contributed by atoms with Gasteiger partial charge in [-0.25, -0.2) is 0 Å². The lowest BCUT2D eigenvalue weighted by Crippen LogP contribution is -2.49. The number of nitrogens with zero attached hydrogens (tertiary/aromatic N) is 3. The number of fused-ring (bicyclic) bond motifs is 1. The molecule has 6 nitrogen and oxygen atoms in total. The van der Waals surface area contributed by atoms with E-state index >= 15 is 0 Å². The third-order valence-corrected chi connectivity index (χ3v) is 17.3. The molecule has 1 aromatic heterocycles. The molecule has 1 aromatic carbocycles. The Labute approximate surface area is 209 Å². The largest absolute Gasteiger partial charge is 0.415 e. The van der Waals surface area contributed by atoms with Crippen molar-refractivity contribution in [3.05, 3.63) is 24.4 Å². The molecule has 0 unspecified atom stereocenters. The topological polar surface area (TPSA) is 51.5 Å². The fourth-order valence-corrected chi connectivity index (χ4v) is 6.28. The van der Waals surface area contributed by atoms with E-state index in [0.717, 1.165) is 55.7 Å². The molecular weight excluding hydrogens is 456 g/mol. The maximum atomic E-state index is 6.66. The molecule has 1 aliphatic rings. The van der Waals surface area contributed by atoms with Crippen molar-refractivity contribution < 1.29 is 8.85 Å². The lowest BCUT2D eigenvalue weighted by atomic mass is 10.1. The van der Waals surface area contributed by atoms with Crippen LogP contribution in [0.15, 0.2) is 24.4 Å². The summed E-state index contributed by atoms with van der Waals surface area (Å²) < 4.78 is 13.0. The van der Waals surface area contributed by atoms with Gasteiger partial charge in [-0.1, -0.05) is 41.5 Å². The Morgan fingerprint density at radius 2 is 1.59 bits per heavy atom. The molecule has 1 N–H and O–H groups in total. The van der Waals surface area contributed by atoms with Gasteiger partial charge < -0.3 is 14.2 Å². The maximum absolute atomic E-state index is 6.66. The van der Waals surface area contributed by atoms with Crippen LogP contribution in [-0.4, -0.2) is 58.9 Å². The van der Waals surface area contributed by atoms with E-state index in [9.17, 15) is 0 Å². The molecule has 2 aromatic rings. The lowest BCUT2D eigenvalue weighted by molar-refractivity contribution is 0.144. The molecule has 1 fully saturated rings. The molecule has 1 saturated heterocycles. The first-order chi connectivity index (χ1) is 15.6. The van der Waals surface area contributed by atoms with Crippen molar-refractivity contribution in [3.8, 4) is 0 Å². The minimum absolute atomic E-state index is 0.242. The van der Waals surface area contributed by atoms with E-state index in [-0.39, 0.29) is 10.1 Å². The van der Waals surface area contributed by atoms with Crippen molar-refractivity contribution >= 4 is 33.2 Å². The van der Waals surface area contributed by atoms with E-state index in [1.165, 1.54) is 0 Å². The molecular formula is C26H48N4O2Si2. The Morgan fingerprint density at radius 1 is 0.971 bits per heavy atom. The summed E-state index contributed by atoms with van der Waals surface area (Å²) in [4.78, 5) is 2.09. The van der Waals surface area contributed by atoms with Gasteiger partial charge in [-0.2, -0.15) is 9.89 Å². The third kappa shape index (κ3) is 6.25. The van der Waals surface area contributed by atoms with Crippen molar-refractivity contribution in [1.29, 1.82) is 0 Å². The minimum atomic E-state index is -1.72. The Bertz CT molecular complexity index is 952. The summed E-state index contributed by atoms with van der Waals surface area (Å²) in [5.74, 6) is 0. The Balaban J connectivity index is 1.55. The molecule has 0 saturated carbocycles. The molecule has 192 valence electrons. The number of piperidine rings is 1. The van der Waals surface area contributed by atoms with Crippen LogP contribution >= 0.6 is 0 Å². The van der Waals surface area contributed by atoms with Crippen LogP contribution in [0.3, 0.4) is 0 Å². The molecule has 0 spiro atoms. The van der Waals surface area contributed by atoms with Crippen molar-refractivity contribution in [2.45, 2.75) is 96.8 Å². The van der Waals surface area contributed by atoms with Crippen LogP contribution < -0.4 is 10.3 Å². The second-order valence-corrected chi connectivity index (χ2v) is 22.4. The average molecular weight is 505 g/mol. The maximum Gasteiger partial charge on any atom is 0.192 e. The molecule has 1 aliphatic heterocycles. The zero-order chi connectivity index (χ0) is 25.4. The normalized spacial score (nSPS) is 16.9. The number of nitrogens with one attached hydrogen (secondary N) is 1. The van der Waals surface area contributed by atoms with Gasteiger partial charge in [-0.3, -0.25) is 5.01 Å². The fraction of sp³-hybridized carbons (Fsp3) is 0.731. The van der Waals surface area contributed by atoms with E-state index in [0.29, 0.717) is 6.10 Å². The Morgan fingerprint density at radius 3 is 2.18 bits per heavy atom. The number of rotatable bonds is 8. The van der Waals surface area contributed by atoms with Crippen LogP contribution in [0.5, 0.6) is 0 Å². The number of benzene rings is 1. The lowest BCUT2D eigenvalue weighted by Gasteiger charge is -2.42. The van der Waals surface area contributed by atoms with Crippen LogP contribution in [0.25, 0.3) is 10.9 Å². The number of hydrogen-bond acceptors (Lipinski definition) is 5. The van der Waals surface area contributed by atoms with Gasteiger partial charge in [0.25, 0.3) is 0 Å². The molecule has 0 aliphatic carbocycles. The van der Waals surface area contributed by atoms with Gasteiger partial charge in [-0.15, -0.1) is 0 Å². The fourth-order valence-electron chi connectivity index (χ4n) is 3.82. The van der Waals surface area contributed by atoms with Crippen LogP contribution in [0.1, 0.15) is 54.4 Å². The van der Waals surface area contributed by atoms with Gasteiger partial charge in [0.15, 0.2) is 16.6 Å². The first-order valence-corrected chi connectivity index (χ1v) is 18.7. The molecule has 0 bridgehead atoms. The highest BCUT2D eigenvalue weighted by Crippen LogP contribution is 2.38. The zero-order valence-electron chi connectivity index (χ0n) is 23.3. The molecule has 0 radical (unpaired) electrons. The molecule has 0 amide bonds. The first kappa shape index (κ1) is 27.2. The summed E-state index contributed by atoms with van der Waals surface area (Å²) in [5, 5.41) is 12.3. The highest BCUT2D eigenvalue weighted by Gasteiger charge is 2.40. The Hall–Kier alpha value is -1.36. The Kier molecular flexibility index (Phi) is 7.97. The van der Waals surface area contributed by atoms with Crippen molar-refractivity contribution in [2.75, 3.05) is 36.6 Å². The minimum Gasteiger partial charge on any atom is -0.415 e. The molecule has 2 heterocycles. The van der Waals surface area contributed by atoms with Gasteiger partial charge in [0.2, 0.25) is 0 Å². The molecule has 3 rings (SSSR count). The molecule has 0 atom stereocenters. The van der Waals surface area contributed by atoms with E-state index in [1.54, 1.807) is 0 Å². The zero-order valence-corrected chi connectivity index (χ0v) is 25.3. The number of anilines is 1. The summed E-state index contributed by atoms with van der Waals surface area (Å²) >= 11 is 0. The van der Waals surface area contributed by atoms with Crippen molar-refractivity contribution in [3.63, 3.8) is 0 Å². The van der Waals surface area contributed by atoms with Crippen molar-refractivity contribution in [2.24, 2.45) is 0 Å². The number of hydrogen-bond donors (Lipinski definition) is 1. The summed E-state index contributed by atoms with van der Waals surface area (Å²) in [7, 11) is -3.42. The summed E-state index contributed by atoms with van der Waals surface area (Å²) in [6.45, 7) is 26.6. The van der Waals surface area contributed by atoms with Crippen molar-refractivity contribution in [1.82, 2.24) is 9.89 Å². The summed E-state index contributed by atoms with van der Waals surface area (Å²) in [6.07, 6.45) is 4.46. The van der Waals surface area contributed by atoms with E-state index in [1.807, 2.05) is 6.20 Å². The van der Waals surface area contributed by atoms with Gasteiger partial charge in [0.1, 0.15) is 0 Å². The first-order valence-electron chi connectivity index (χ1n) is 12.9. The van der Waals surface area contributed by atoms with E-state index in [2.05, 4.69) is 101 Å². The van der Waals surface area contributed by atoms with Gasteiger partial charge >= 0.3 is 0 Å². The monoisotopic (exact) mass is 504 g/mol. The van der Waals surface area contributed by atoms with Crippen LogP contribution in [0, 0.1) is 0 Å². The average Bonchev–Trinajstić information content (AvgIpc) is 3.13. The van der Waals surface area contributed by atoms with Crippen LogP contribution in [-0.2, 0) is 8.85 Å². The van der Waals surface area contributed by atoms with Crippen LogP contribution in [0.4, 0.5) is 5.69 Å². The highest BCUT2D eigenvalue weighted by molar-refractivity contribution is 6.74. The predicted molar refractivity (Wildman–Crippen MR) is 151 cm³/mol. The molecule has 8 heteroatoms. The second-order valence-electron chi connectivity index (χ2n) is 12.9. The highest BCUT2D eigenvalue weighted by atomic mass is 28.4. The number of aromatic nitrogens is 2. The second kappa shape index (κ2) is 9.95. The summed E-state index contributed by atoms with van der Waals surface area (Å²) in [5.41, 5.74) is 2.28. The van der Waals surface area contributed by atoms with Gasteiger partial charge in [-0.05, 0) is 67.3 Å². The predicted octanol–water partition coefficient (Wildman–Crippen LogP) is 6.59. The smallest absolute Gasteiger partial charge is 0.192 e. The quantitative estimate of drug-likeness (QED) is 0.324. The van der Waals surface area contributed by atoms with E-state index in [4.69, 9.17) is 14.0 Å². The molecule has 34 heavy (non-hydrogen) atoms. The third-order valence-electron chi connectivity index (χ3n) is 8.20. The van der Waals surface area contributed by atoms with E-state index < -0.39 is 16.6 Å². The van der Waals surface area contributed by atoms with Gasteiger partial charge in [0, 0.05) is 36.8 Å². The summed E-state index contributed by atoms with van der Waals surface area (Å²) in [6, 6.07) is 6.52. The SMILES string of the molecule is CC(C)(C)[Si](C)(C)OCCNc1ccc2c(cnn2N2CCC(O[Si](C)(C)C(C)(C)C)CC2)c1. The van der Waals surface area contributed by atoms with Gasteiger partial charge in [0.05, 0.1) is 18.3 Å².